The highest BCUT2D eigenvalue weighted by Crippen LogP contribution is 2.43. The third-order valence-corrected chi connectivity index (χ3v) is 6.75. The van der Waals surface area contributed by atoms with Gasteiger partial charge in [-0.3, -0.25) is 0 Å². The number of nitrogens with zero attached hydrogens (tertiary/aromatic N) is 3. The highest BCUT2D eigenvalue weighted by atomic mass is 14.9. The third kappa shape index (κ3) is 2.22. The molecule has 0 saturated heterocycles. The lowest BCUT2D eigenvalue weighted by Crippen LogP contribution is -2.04. The van der Waals surface area contributed by atoms with Crippen LogP contribution in [-0.4, -0.2) is 4.40 Å². The zero-order valence-corrected chi connectivity index (χ0v) is 16.1. The summed E-state index contributed by atoms with van der Waals surface area (Å²) >= 11 is 0. The Morgan fingerprint density at radius 1 is 0.690 bits per heavy atom. The van der Waals surface area contributed by atoms with Gasteiger partial charge in [-0.2, -0.15) is 10.5 Å². The minimum atomic E-state index is 0.628. The molecule has 3 nitrogen and oxygen atoms in total. The van der Waals surface area contributed by atoms with Crippen molar-refractivity contribution in [3.8, 4) is 12.1 Å². The monoisotopic (exact) mass is 373 g/mol. The van der Waals surface area contributed by atoms with Crippen LogP contribution in [0.4, 0.5) is 0 Å². The Morgan fingerprint density at radius 2 is 1.24 bits per heavy atom. The summed E-state index contributed by atoms with van der Waals surface area (Å²) in [6.07, 6.45) is 6.51. The van der Waals surface area contributed by atoms with E-state index in [1.807, 2.05) is 24.3 Å². The highest BCUT2D eigenvalue weighted by molar-refractivity contribution is 6.23. The van der Waals surface area contributed by atoms with Crippen LogP contribution in [0.15, 0.2) is 48.5 Å². The standard InChI is InChI=1S/C26H19N3/c27-14-16-6-8-20-22-12-19(18-4-2-1-3-5-18)13-23-21-9-7-17(15-28)11-25(21)29(26(22)23)24(20)10-16/h6-13,18H,1-5H2. The van der Waals surface area contributed by atoms with Gasteiger partial charge >= 0.3 is 0 Å². The first-order valence-corrected chi connectivity index (χ1v) is 10.4. The van der Waals surface area contributed by atoms with Gasteiger partial charge in [0.05, 0.1) is 39.8 Å². The molecule has 29 heavy (non-hydrogen) atoms. The van der Waals surface area contributed by atoms with Crippen molar-refractivity contribution in [2.24, 2.45) is 0 Å². The van der Waals surface area contributed by atoms with Crippen LogP contribution in [0, 0.1) is 22.7 Å². The van der Waals surface area contributed by atoms with Crippen LogP contribution in [-0.2, 0) is 0 Å². The van der Waals surface area contributed by atoms with Crippen LogP contribution in [0.3, 0.4) is 0 Å². The van der Waals surface area contributed by atoms with Gasteiger partial charge in [0.25, 0.3) is 0 Å². The summed E-state index contributed by atoms with van der Waals surface area (Å²) in [7, 11) is 0. The zero-order chi connectivity index (χ0) is 19.5. The van der Waals surface area contributed by atoms with E-state index >= 15 is 0 Å². The van der Waals surface area contributed by atoms with Gasteiger partial charge in [0.15, 0.2) is 0 Å². The van der Waals surface area contributed by atoms with Gasteiger partial charge in [-0.15, -0.1) is 0 Å². The molecule has 2 aromatic heterocycles. The number of aromatic nitrogens is 1. The Kier molecular flexibility index (Phi) is 3.37. The van der Waals surface area contributed by atoms with Crippen molar-refractivity contribution in [1.29, 1.82) is 10.5 Å². The molecule has 0 atom stereocenters. The molecule has 1 aliphatic carbocycles. The van der Waals surface area contributed by atoms with E-state index in [-0.39, 0.29) is 0 Å². The molecule has 1 fully saturated rings. The minimum Gasteiger partial charge on any atom is -0.308 e. The number of nitriles is 2. The molecule has 0 radical (unpaired) electrons. The van der Waals surface area contributed by atoms with E-state index in [2.05, 4.69) is 40.8 Å². The Bertz CT molecular complexity index is 1400. The molecule has 5 aromatic rings. The van der Waals surface area contributed by atoms with Crippen LogP contribution in [0.5, 0.6) is 0 Å². The predicted molar refractivity (Wildman–Crippen MR) is 116 cm³/mol. The Balaban J connectivity index is 1.80. The average Bonchev–Trinajstić information content (AvgIpc) is 3.29. The molecule has 3 aromatic carbocycles. The normalized spacial score (nSPS) is 15.4. The third-order valence-electron chi connectivity index (χ3n) is 6.75. The average molecular weight is 373 g/mol. The van der Waals surface area contributed by atoms with Crippen LogP contribution in [0.2, 0.25) is 0 Å². The van der Waals surface area contributed by atoms with E-state index < -0.39 is 0 Å². The summed E-state index contributed by atoms with van der Waals surface area (Å²) in [6, 6.07) is 21.3. The first-order chi connectivity index (χ1) is 14.3. The molecule has 0 amide bonds. The topological polar surface area (TPSA) is 52.0 Å². The van der Waals surface area contributed by atoms with Crippen LogP contribution >= 0.6 is 0 Å². The lowest BCUT2D eigenvalue weighted by Gasteiger charge is -2.22. The summed E-state index contributed by atoms with van der Waals surface area (Å²) in [4.78, 5) is 0. The lowest BCUT2D eigenvalue weighted by atomic mass is 9.83. The van der Waals surface area contributed by atoms with Crippen molar-refractivity contribution < 1.29 is 0 Å². The first kappa shape index (κ1) is 16.4. The number of rotatable bonds is 1. The fourth-order valence-corrected chi connectivity index (χ4v) is 5.38. The maximum Gasteiger partial charge on any atom is 0.0992 e. The number of hydrogen-bond donors (Lipinski definition) is 0. The van der Waals surface area contributed by atoms with E-state index in [4.69, 9.17) is 0 Å². The van der Waals surface area contributed by atoms with Gasteiger partial charge in [0.2, 0.25) is 0 Å². The van der Waals surface area contributed by atoms with Crippen LogP contribution < -0.4 is 0 Å². The maximum absolute atomic E-state index is 9.44. The number of hydrogen-bond acceptors (Lipinski definition) is 2. The molecule has 1 aliphatic rings. The fraction of sp³-hybridized carbons (Fsp3) is 0.231. The number of fused-ring (bicyclic) bond motifs is 6. The van der Waals surface area contributed by atoms with E-state index in [0.717, 1.165) is 11.0 Å². The van der Waals surface area contributed by atoms with Crippen molar-refractivity contribution in [3.63, 3.8) is 0 Å². The number of benzene rings is 3. The molecule has 138 valence electrons. The zero-order valence-electron chi connectivity index (χ0n) is 16.1. The van der Waals surface area contributed by atoms with E-state index in [1.165, 1.54) is 64.7 Å². The lowest BCUT2D eigenvalue weighted by molar-refractivity contribution is 0.444. The molecule has 0 spiro atoms. The van der Waals surface area contributed by atoms with Crippen molar-refractivity contribution in [3.05, 3.63) is 65.2 Å². The largest absolute Gasteiger partial charge is 0.308 e. The Hall–Kier alpha value is -3.56. The Labute approximate surface area is 168 Å². The van der Waals surface area contributed by atoms with Crippen molar-refractivity contribution in [2.75, 3.05) is 0 Å². The second-order valence-corrected chi connectivity index (χ2v) is 8.32. The van der Waals surface area contributed by atoms with Gasteiger partial charge in [0, 0.05) is 21.5 Å². The maximum atomic E-state index is 9.44. The van der Waals surface area contributed by atoms with Crippen molar-refractivity contribution >= 4 is 38.1 Å². The summed E-state index contributed by atoms with van der Waals surface area (Å²) in [6.45, 7) is 0. The van der Waals surface area contributed by atoms with E-state index in [9.17, 15) is 10.5 Å². The Morgan fingerprint density at radius 3 is 1.76 bits per heavy atom. The quantitative estimate of drug-likeness (QED) is 0.331. The van der Waals surface area contributed by atoms with Crippen LogP contribution in [0.25, 0.3) is 38.1 Å². The van der Waals surface area contributed by atoms with E-state index in [1.54, 1.807) is 0 Å². The first-order valence-electron chi connectivity index (χ1n) is 10.4. The van der Waals surface area contributed by atoms with Crippen LogP contribution in [0.1, 0.15) is 54.7 Å². The minimum absolute atomic E-state index is 0.628. The predicted octanol–water partition coefficient (Wildman–Crippen LogP) is 6.63. The fourth-order valence-electron chi connectivity index (χ4n) is 5.38. The molecule has 3 heteroatoms. The molecule has 0 N–H and O–H groups in total. The molecule has 6 rings (SSSR count). The van der Waals surface area contributed by atoms with Crippen molar-refractivity contribution in [2.45, 2.75) is 38.0 Å². The highest BCUT2D eigenvalue weighted by Gasteiger charge is 2.22. The molecule has 1 saturated carbocycles. The SMILES string of the molecule is N#Cc1ccc2c3cc(C4CCCCC4)cc4c5ccc(C#N)cc5n(c2c1)c34. The second-order valence-electron chi connectivity index (χ2n) is 8.32. The van der Waals surface area contributed by atoms with Gasteiger partial charge in [-0.25, -0.2) is 0 Å². The molecule has 0 bridgehead atoms. The summed E-state index contributed by atoms with van der Waals surface area (Å²) in [5.41, 5.74) is 6.07. The smallest absolute Gasteiger partial charge is 0.0992 e. The summed E-state index contributed by atoms with van der Waals surface area (Å²) in [5.74, 6) is 0.628. The van der Waals surface area contributed by atoms with Gasteiger partial charge < -0.3 is 4.40 Å². The van der Waals surface area contributed by atoms with Gasteiger partial charge in [-0.1, -0.05) is 31.4 Å². The summed E-state index contributed by atoms with van der Waals surface area (Å²) in [5, 5.41) is 23.8. The van der Waals surface area contributed by atoms with Gasteiger partial charge in [-0.05, 0) is 60.7 Å². The summed E-state index contributed by atoms with van der Waals surface area (Å²) < 4.78 is 2.25. The second kappa shape index (κ2) is 5.97. The molecule has 0 aliphatic heterocycles. The van der Waals surface area contributed by atoms with Gasteiger partial charge in [0.1, 0.15) is 0 Å². The molecule has 0 unspecified atom stereocenters. The van der Waals surface area contributed by atoms with E-state index in [0.29, 0.717) is 17.0 Å². The molecular formula is C26H19N3. The molecular weight excluding hydrogens is 354 g/mol. The van der Waals surface area contributed by atoms with Crippen molar-refractivity contribution in [1.82, 2.24) is 4.40 Å². The molecule has 2 heterocycles.